The van der Waals surface area contributed by atoms with Crippen LogP contribution in [-0.4, -0.2) is 15.5 Å². The van der Waals surface area contributed by atoms with Crippen molar-refractivity contribution >= 4 is 11.6 Å². The Morgan fingerprint density at radius 1 is 1.15 bits per heavy atom. The van der Waals surface area contributed by atoms with Crippen LogP contribution in [0.25, 0.3) is 5.69 Å². The number of anilines is 1. The van der Waals surface area contributed by atoms with Gasteiger partial charge in [0.1, 0.15) is 11.6 Å². The zero-order valence-corrected chi connectivity index (χ0v) is 15.1. The van der Waals surface area contributed by atoms with Gasteiger partial charge in [0, 0.05) is 18.1 Å². The molecule has 0 aliphatic carbocycles. The van der Waals surface area contributed by atoms with Gasteiger partial charge in [-0.1, -0.05) is 12.1 Å². The molecule has 5 nitrogen and oxygen atoms in total. The summed E-state index contributed by atoms with van der Waals surface area (Å²) in [7, 11) is 0. The SMILES string of the molecule is Cc1cc(C)cc(NC(N)=NCc2ccc(-n3ccnc3C)c(F)c2)c1. The zero-order valence-electron chi connectivity index (χ0n) is 15.1. The molecule has 3 N–H and O–H groups in total. The first-order chi connectivity index (χ1) is 12.4. The predicted molar refractivity (Wildman–Crippen MR) is 103 cm³/mol. The summed E-state index contributed by atoms with van der Waals surface area (Å²) in [6.45, 7) is 6.18. The molecular weight excluding hydrogens is 329 g/mol. The summed E-state index contributed by atoms with van der Waals surface area (Å²) in [4.78, 5) is 8.42. The number of hydrogen-bond donors (Lipinski definition) is 2. The third-order valence-electron chi connectivity index (χ3n) is 4.02. The van der Waals surface area contributed by atoms with Crippen LogP contribution in [-0.2, 0) is 6.54 Å². The number of benzene rings is 2. The molecule has 0 fully saturated rings. The van der Waals surface area contributed by atoms with E-state index in [9.17, 15) is 4.39 Å². The average Bonchev–Trinajstić information content (AvgIpc) is 2.98. The third-order valence-corrected chi connectivity index (χ3v) is 4.02. The zero-order chi connectivity index (χ0) is 18.7. The number of aliphatic imine (C=N–C) groups is 1. The quantitative estimate of drug-likeness (QED) is 0.554. The molecule has 0 atom stereocenters. The Labute approximate surface area is 152 Å². The van der Waals surface area contributed by atoms with Crippen LogP contribution in [0.3, 0.4) is 0 Å². The smallest absolute Gasteiger partial charge is 0.193 e. The Morgan fingerprint density at radius 3 is 2.50 bits per heavy atom. The van der Waals surface area contributed by atoms with Crippen molar-refractivity contribution in [3.8, 4) is 5.69 Å². The number of imidazole rings is 1. The number of halogens is 1. The molecule has 0 saturated carbocycles. The first-order valence-electron chi connectivity index (χ1n) is 8.36. The summed E-state index contributed by atoms with van der Waals surface area (Å²) >= 11 is 0. The number of rotatable bonds is 4. The van der Waals surface area contributed by atoms with Crippen molar-refractivity contribution < 1.29 is 4.39 Å². The molecule has 0 radical (unpaired) electrons. The van der Waals surface area contributed by atoms with Gasteiger partial charge in [0.15, 0.2) is 5.96 Å². The summed E-state index contributed by atoms with van der Waals surface area (Å²) < 4.78 is 16.1. The van der Waals surface area contributed by atoms with E-state index in [0.717, 1.165) is 28.2 Å². The van der Waals surface area contributed by atoms with Gasteiger partial charge in [0.25, 0.3) is 0 Å². The number of aromatic nitrogens is 2. The second-order valence-corrected chi connectivity index (χ2v) is 6.33. The van der Waals surface area contributed by atoms with Gasteiger partial charge in [-0.15, -0.1) is 0 Å². The summed E-state index contributed by atoms with van der Waals surface area (Å²) in [6, 6.07) is 11.1. The number of nitrogens with zero attached hydrogens (tertiary/aromatic N) is 3. The van der Waals surface area contributed by atoms with Gasteiger partial charge in [-0.25, -0.2) is 14.4 Å². The fraction of sp³-hybridized carbons (Fsp3) is 0.200. The highest BCUT2D eigenvalue weighted by Gasteiger charge is 2.08. The maximum absolute atomic E-state index is 14.4. The molecule has 134 valence electrons. The van der Waals surface area contributed by atoms with Gasteiger partial charge < -0.3 is 15.6 Å². The van der Waals surface area contributed by atoms with E-state index in [4.69, 9.17) is 5.73 Å². The number of nitrogens with one attached hydrogen (secondary N) is 1. The monoisotopic (exact) mass is 351 g/mol. The average molecular weight is 351 g/mol. The van der Waals surface area contributed by atoms with E-state index in [1.807, 2.05) is 39.0 Å². The van der Waals surface area contributed by atoms with E-state index in [2.05, 4.69) is 21.4 Å². The molecule has 26 heavy (non-hydrogen) atoms. The summed E-state index contributed by atoms with van der Waals surface area (Å²) in [6.07, 6.45) is 3.38. The fourth-order valence-corrected chi connectivity index (χ4v) is 2.89. The fourth-order valence-electron chi connectivity index (χ4n) is 2.89. The van der Waals surface area contributed by atoms with E-state index in [-0.39, 0.29) is 5.82 Å². The van der Waals surface area contributed by atoms with Crippen LogP contribution in [0.15, 0.2) is 53.8 Å². The molecule has 0 spiro atoms. The first-order valence-corrected chi connectivity index (χ1v) is 8.36. The molecule has 1 aromatic heterocycles. The van der Waals surface area contributed by atoms with E-state index < -0.39 is 0 Å². The van der Waals surface area contributed by atoms with Crippen molar-refractivity contribution in [3.63, 3.8) is 0 Å². The maximum Gasteiger partial charge on any atom is 0.193 e. The van der Waals surface area contributed by atoms with Gasteiger partial charge in [0.05, 0.1) is 12.2 Å². The third kappa shape index (κ3) is 4.08. The molecule has 1 heterocycles. The van der Waals surface area contributed by atoms with E-state index in [0.29, 0.717) is 18.2 Å². The maximum atomic E-state index is 14.4. The molecular formula is C20H22FN5. The minimum atomic E-state index is -0.320. The second kappa shape index (κ2) is 7.39. The van der Waals surface area contributed by atoms with Gasteiger partial charge in [-0.05, 0) is 61.7 Å². The largest absolute Gasteiger partial charge is 0.370 e. The molecule has 0 aliphatic rings. The number of hydrogen-bond acceptors (Lipinski definition) is 2. The Hall–Kier alpha value is -3.15. The van der Waals surface area contributed by atoms with Gasteiger partial charge >= 0.3 is 0 Å². The lowest BCUT2D eigenvalue weighted by atomic mass is 10.1. The van der Waals surface area contributed by atoms with Gasteiger partial charge in [0.2, 0.25) is 0 Å². The van der Waals surface area contributed by atoms with Crippen molar-refractivity contribution in [2.75, 3.05) is 5.32 Å². The molecule has 0 bridgehead atoms. The van der Waals surface area contributed by atoms with E-state index in [1.165, 1.54) is 6.07 Å². The number of aryl methyl sites for hydroxylation is 3. The van der Waals surface area contributed by atoms with Gasteiger partial charge in [-0.2, -0.15) is 0 Å². The minimum Gasteiger partial charge on any atom is -0.370 e. The summed E-state index contributed by atoms with van der Waals surface area (Å²) in [5.74, 6) is 0.709. The lowest BCUT2D eigenvalue weighted by Gasteiger charge is -2.09. The molecule has 0 unspecified atom stereocenters. The lowest BCUT2D eigenvalue weighted by Crippen LogP contribution is -2.22. The molecule has 0 amide bonds. The predicted octanol–water partition coefficient (Wildman–Crippen LogP) is 3.86. The summed E-state index contributed by atoms with van der Waals surface area (Å²) in [5, 5.41) is 3.07. The van der Waals surface area contributed by atoms with Crippen molar-refractivity contribution in [2.45, 2.75) is 27.3 Å². The highest BCUT2D eigenvalue weighted by atomic mass is 19.1. The highest BCUT2D eigenvalue weighted by molar-refractivity contribution is 5.92. The van der Waals surface area contributed by atoms with Crippen LogP contribution in [0.5, 0.6) is 0 Å². The van der Waals surface area contributed by atoms with E-state index in [1.54, 1.807) is 23.0 Å². The first kappa shape index (κ1) is 17.7. The Kier molecular flexibility index (Phi) is 5.02. The molecule has 2 aromatic carbocycles. The van der Waals surface area contributed by atoms with Crippen LogP contribution < -0.4 is 11.1 Å². The Balaban J connectivity index is 1.71. The van der Waals surface area contributed by atoms with Crippen molar-refractivity contribution in [2.24, 2.45) is 10.7 Å². The van der Waals surface area contributed by atoms with Crippen molar-refractivity contribution in [1.82, 2.24) is 9.55 Å². The van der Waals surface area contributed by atoms with Crippen LogP contribution in [0, 0.1) is 26.6 Å². The second-order valence-electron chi connectivity index (χ2n) is 6.33. The standard InChI is InChI=1S/C20H22FN5/c1-13-8-14(2)10-17(9-13)25-20(22)24-12-16-4-5-19(18(21)11-16)26-7-6-23-15(26)3/h4-11H,12H2,1-3H3,(H3,22,24,25). The molecule has 0 aliphatic heterocycles. The number of nitrogens with two attached hydrogens (primary N) is 1. The Morgan fingerprint density at radius 2 is 1.88 bits per heavy atom. The molecule has 3 aromatic rings. The topological polar surface area (TPSA) is 68.2 Å². The highest BCUT2D eigenvalue weighted by Crippen LogP contribution is 2.17. The molecule has 3 rings (SSSR count). The van der Waals surface area contributed by atoms with E-state index >= 15 is 0 Å². The number of guanidine groups is 1. The lowest BCUT2D eigenvalue weighted by molar-refractivity contribution is 0.614. The van der Waals surface area contributed by atoms with Crippen LogP contribution >= 0.6 is 0 Å². The minimum absolute atomic E-state index is 0.295. The van der Waals surface area contributed by atoms with Crippen LogP contribution in [0.2, 0.25) is 0 Å². The summed E-state index contributed by atoms with van der Waals surface area (Å²) in [5.41, 5.74) is 10.3. The van der Waals surface area contributed by atoms with Crippen LogP contribution in [0.4, 0.5) is 10.1 Å². The van der Waals surface area contributed by atoms with Crippen molar-refractivity contribution in [3.05, 3.63) is 77.1 Å². The molecule has 6 heteroatoms. The molecule has 0 saturated heterocycles. The van der Waals surface area contributed by atoms with Crippen LogP contribution in [0.1, 0.15) is 22.5 Å². The van der Waals surface area contributed by atoms with Gasteiger partial charge in [-0.3, -0.25) is 0 Å². The van der Waals surface area contributed by atoms with Crippen molar-refractivity contribution in [1.29, 1.82) is 0 Å². The Bertz CT molecular complexity index is 938. The normalized spacial score (nSPS) is 11.6.